The van der Waals surface area contributed by atoms with Crippen molar-refractivity contribution in [1.82, 2.24) is 9.97 Å². The first kappa shape index (κ1) is 8.93. The first-order chi connectivity index (χ1) is 5.83. The highest BCUT2D eigenvalue weighted by molar-refractivity contribution is 5.23. The summed E-state index contributed by atoms with van der Waals surface area (Å²) >= 11 is 0. The maximum atomic E-state index is 4.96. The van der Waals surface area contributed by atoms with Crippen molar-refractivity contribution in [2.24, 2.45) is 0 Å². The van der Waals surface area contributed by atoms with E-state index in [-0.39, 0.29) is 6.04 Å². The van der Waals surface area contributed by atoms with Crippen molar-refractivity contribution >= 4 is 5.95 Å². The van der Waals surface area contributed by atoms with Crippen LogP contribution < -0.4 is 5.32 Å². The normalized spacial score (nSPS) is 12.5. The first-order valence-electron chi connectivity index (χ1n) is 3.85. The van der Waals surface area contributed by atoms with Crippen molar-refractivity contribution in [3.05, 3.63) is 18.5 Å². The zero-order valence-corrected chi connectivity index (χ0v) is 7.32. The highest BCUT2D eigenvalue weighted by Gasteiger charge is 2.00. The lowest BCUT2D eigenvalue weighted by molar-refractivity contribution is 0.190. The van der Waals surface area contributed by atoms with Gasteiger partial charge in [-0.25, -0.2) is 9.97 Å². The molecule has 0 aliphatic rings. The first-order valence-corrected chi connectivity index (χ1v) is 3.85. The van der Waals surface area contributed by atoms with Gasteiger partial charge in [0.2, 0.25) is 5.95 Å². The highest BCUT2D eigenvalue weighted by atomic mass is 16.5. The zero-order valence-electron chi connectivity index (χ0n) is 7.32. The van der Waals surface area contributed by atoms with Gasteiger partial charge in [-0.05, 0) is 13.0 Å². The van der Waals surface area contributed by atoms with E-state index in [1.807, 2.05) is 6.92 Å². The molecule has 1 rings (SSSR count). The predicted molar refractivity (Wildman–Crippen MR) is 47.0 cm³/mol. The summed E-state index contributed by atoms with van der Waals surface area (Å²) in [5.74, 6) is 0.641. The lowest BCUT2D eigenvalue weighted by atomic mass is 10.4. The van der Waals surface area contributed by atoms with Crippen molar-refractivity contribution in [3.63, 3.8) is 0 Å². The molecule has 12 heavy (non-hydrogen) atoms. The minimum absolute atomic E-state index is 0.234. The second-order valence-corrected chi connectivity index (χ2v) is 2.57. The molecule has 1 aromatic rings. The lowest BCUT2D eigenvalue weighted by Gasteiger charge is -2.11. The van der Waals surface area contributed by atoms with Gasteiger partial charge in [-0.3, -0.25) is 0 Å². The van der Waals surface area contributed by atoms with Crippen molar-refractivity contribution in [2.75, 3.05) is 19.0 Å². The number of nitrogens with zero attached hydrogens (tertiary/aromatic N) is 2. The van der Waals surface area contributed by atoms with Crippen molar-refractivity contribution in [3.8, 4) is 0 Å². The van der Waals surface area contributed by atoms with Gasteiger partial charge in [-0.1, -0.05) is 0 Å². The van der Waals surface area contributed by atoms with Gasteiger partial charge in [0.05, 0.1) is 6.61 Å². The molecule has 1 unspecified atom stereocenters. The lowest BCUT2D eigenvalue weighted by Crippen LogP contribution is -2.21. The average molecular weight is 167 g/mol. The minimum atomic E-state index is 0.234. The molecule has 1 aromatic heterocycles. The average Bonchev–Trinajstić information content (AvgIpc) is 2.06. The van der Waals surface area contributed by atoms with E-state index in [1.165, 1.54) is 0 Å². The molecule has 0 aliphatic heterocycles. The van der Waals surface area contributed by atoms with Gasteiger partial charge in [0.1, 0.15) is 0 Å². The fraction of sp³-hybridized carbons (Fsp3) is 0.500. The van der Waals surface area contributed by atoms with E-state index in [1.54, 1.807) is 25.6 Å². The number of rotatable bonds is 4. The molecule has 0 saturated heterocycles. The Morgan fingerprint density at radius 2 is 2.17 bits per heavy atom. The minimum Gasteiger partial charge on any atom is -0.383 e. The largest absolute Gasteiger partial charge is 0.383 e. The fourth-order valence-corrected chi connectivity index (χ4v) is 0.886. The number of hydrogen-bond donors (Lipinski definition) is 1. The molecule has 0 fully saturated rings. The maximum absolute atomic E-state index is 4.96. The SMILES string of the molecule is COCC(C)Nc1ncccn1. The van der Waals surface area contributed by atoms with Crippen LogP contribution in [0.2, 0.25) is 0 Å². The summed E-state index contributed by atoms with van der Waals surface area (Å²) in [6.07, 6.45) is 3.41. The Hall–Kier alpha value is -1.16. The molecule has 0 spiro atoms. The number of ether oxygens (including phenoxy) is 1. The number of aromatic nitrogens is 2. The van der Waals surface area contributed by atoms with Crippen molar-refractivity contribution in [1.29, 1.82) is 0 Å². The molecule has 0 radical (unpaired) electrons. The van der Waals surface area contributed by atoms with E-state index in [4.69, 9.17) is 4.74 Å². The Labute approximate surface area is 72.0 Å². The van der Waals surface area contributed by atoms with Gasteiger partial charge in [0.15, 0.2) is 0 Å². The molecule has 0 aromatic carbocycles. The van der Waals surface area contributed by atoms with Gasteiger partial charge in [-0.15, -0.1) is 0 Å². The van der Waals surface area contributed by atoms with Gasteiger partial charge in [-0.2, -0.15) is 0 Å². The van der Waals surface area contributed by atoms with E-state index in [0.29, 0.717) is 12.6 Å². The van der Waals surface area contributed by atoms with E-state index in [9.17, 15) is 0 Å². The van der Waals surface area contributed by atoms with Crippen LogP contribution in [0.5, 0.6) is 0 Å². The third-order valence-electron chi connectivity index (χ3n) is 1.36. The number of hydrogen-bond acceptors (Lipinski definition) is 4. The van der Waals surface area contributed by atoms with E-state index < -0.39 is 0 Å². The summed E-state index contributed by atoms with van der Waals surface area (Å²) in [6, 6.07) is 2.02. The molecular weight excluding hydrogens is 154 g/mol. The summed E-state index contributed by atoms with van der Waals surface area (Å²) in [7, 11) is 1.67. The second kappa shape index (κ2) is 4.66. The van der Waals surface area contributed by atoms with Gasteiger partial charge < -0.3 is 10.1 Å². The smallest absolute Gasteiger partial charge is 0.222 e. The second-order valence-electron chi connectivity index (χ2n) is 2.57. The summed E-state index contributed by atoms with van der Waals surface area (Å²) < 4.78 is 4.96. The number of nitrogens with one attached hydrogen (secondary N) is 1. The van der Waals surface area contributed by atoms with E-state index in [0.717, 1.165) is 0 Å². The van der Waals surface area contributed by atoms with Crippen LogP contribution in [0.1, 0.15) is 6.92 Å². The quantitative estimate of drug-likeness (QED) is 0.724. The molecule has 1 N–H and O–H groups in total. The van der Waals surface area contributed by atoms with E-state index >= 15 is 0 Å². The molecule has 1 heterocycles. The molecular formula is C8H13N3O. The fourth-order valence-electron chi connectivity index (χ4n) is 0.886. The maximum Gasteiger partial charge on any atom is 0.222 e. The molecule has 0 bridgehead atoms. The Morgan fingerprint density at radius 1 is 1.50 bits per heavy atom. The molecule has 4 heteroatoms. The van der Waals surface area contributed by atoms with Crippen LogP contribution >= 0.6 is 0 Å². The Balaban J connectivity index is 2.41. The van der Waals surface area contributed by atoms with Crippen LogP contribution in [-0.4, -0.2) is 29.7 Å². The van der Waals surface area contributed by atoms with Crippen LogP contribution in [0.3, 0.4) is 0 Å². The van der Waals surface area contributed by atoms with Crippen molar-refractivity contribution < 1.29 is 4.74 Å². The summed E-state index contributed by atoms with van der Waals surface area (Å²) in [4.78, 5) is 8.05. The topological polar surface area (TPSA) is 47.0 Å². The summed E-state index contributed by atoms with van der Waals surface area (Å²) in [5.41, 5.74) is 0. The third-order valence-corrected chi connectivity index (χ3v) is 1.36. The van der Waals surface area contributed by atoms with Crippen LogP contribution in [0.15, 0.2) is 18.5 Å². The molecule has 0 saturated carbocycles. The van der Waals surface area contributed by atoms with Gasteiger partial charge >= 0.3 is 0 Å². The number of anilines is 1. The van der Waals surface area contributed by atoms with E-state index in [2.05, 4.69) is 15.3 Å². The van der Waals surface area contributed by atoms with Crippen LogP contribution in [0.25, 0.3) is 0 Å². The molecule has 0 amide bonds. The third kappa shape index (κ3) is 2.84. The standard InChI is InChI=1S/C8H13N3O/c1-7(6-12-2)11-8-9-4-3-5-10-8/h3-5,7H,6H2,1-2H3,(H,9,10,11). The summed E-state index contributed by atoms with van der Waals surface area (Å²) in [6.45, 7) is 2.66. The van der Waals surface area contributed by atoms with Crippen molar-refractivity contribution in [2.45, 2.75) is 13.0 Å². The molecule has 1 atom stereocenters. The van der Waals surface area contributed by atoms with Gasteiger partial charge in [0, 0.05) is 25.5 Å². The number of methoxy groups -OCH3 is 1. The van der Waals surface area contributed by atoms with Crippen LogP contribution in [-0.2, 0) is 4.74 Å². The highest BCUT2D eigenvalue weighted by Crippen LogP contribution is 1.97. The van der Waals surface area contributed by atoms with Crippen LogP contribution in [0, 0.1) is 0 Å². The monoisotopic (exact) mass is 167 g/mol. The Morgan fingerprint density at radius 3 is 2.75 bits per heavy atom. The Bertz CT molecular complexity index is 215. The van der Waals surface area contributed by atoms with Crippen LogP contribution in [0.4, 0.5) is 5.95 Å². The molecule has 4 nitrogen and oxygen atoms in total. The zero-order chi connectivity index (χ0) is 8.81. The molecule has 66 valence electrons. The summed E-state index contributed by atoms with van der Waals surface area (Å²) in [5, 5.41) is 3.10. The van der Waals surface area contributed by atoms with Gasteiger partial charge in [0.25, 0.3) is 0 Å². The molecule has 0 aliphatic carbocycles. The predicted octanol–water partition coefficient (Wildman–Crippen LogP) is 0.923. The Kier molecular flexibility index (Phi) is 3.47.